The molecular weight excluding hydrogens is 779 g/mol. The van der Waals surface area contributed by atoms with E-state index in [1.54, 1.807) is 7.11 Å². The number of aliphatic hydroxyl groups is 1. The van der Waals surface area contributed by atoms with Crippen LogP contribution in [-0.2, 0) is 32.7 Å². The number of carbonyl (C=O) groups excluding carboxylic acids is 2. The number of H-pyrrole nitrogens is 1. The zero-order valence-electron chi connectivity index (χ0n) is 33.6. The van der Waals surface area contributed by atoms with Crippen LogP contribution in [-0.4, -0.2) is 108 Å². The van der Waals surface area contributed by atoms with Crippen LogP contribution in [0.1, 0.15) is 68.9 Å². The zero-order valence-corrected chi connectivity index (χ0v) is 34.4. The summed E-state index contributed by atoms with van der Waals surface area (Å²) in [6.07, 6.45) is 0.706. The summed E-state index contributed by atoms with van der Waals surface area (Å²) in [6, 6.07) is 8.06. The number of likely N-dealkylation sites (N-methyl/N-ethyl adjacent to an activating group) is 1. The number of hydrogen-bond donors (Lipinski definition) is 4. The number of fused-ring (bicyclic) bond motifs is 8. The van der Waals surface area contributed by atoms with Crippen molar-refractivity contribution >= 4 is 34.6 Å². The standard InChI is InChI=1S/C43H45N5O10S/c1-19-9-22-12-42(15-44)16-47(4)32(29(22)34(51)35(19)54-6)33-39-31-30(38-37(56-18-57-38)20(2)36(31)58-21(3)50)28(48(33)42)14-55-41(52)43(17-59-39)40-26(10-23(13-49)46-43)25-11-24(53-5)7-8-27(25)45-40/h7-9,11,23,28,32-33,39,45-46,49,51H,10,12-14,16-18H2,1-6H3/t23-,28+,32+,33-,39-,42?,43-/m1/s1. The zero-order chi connectivity index (χ0) is 41.3. The third-order valence-electron chi connectivity index (χ3n) is 13.3. The number of nitrogens with one attached hydrogen (secondary N) is 2. The normalized spacial score (nSPS) is 30.1. The van der Waals surface area contributed by atoms with Crippen LogP contribution in [0.2, 0.25) is 0 Å². The predicted octanol–water partition coefficient (Wildman–Crippen LogP) is 4.13. The molecule has 0 saturated carbocycles. The molecule has 12 rings (SSSR count). The molecule has 0 amide bonds. The number of aromatic amines is 1. The number of nitriles is 1. The Balaban J connectivity index is 1.26. The van der Waals surface area contributed by atoms with Gasteiger partial charge in [-0.1, -0.05) is 6.07 Å². The topological polar surface area (TPSA) is 188 Å². The molecule has 16 heteroatoms. The van der Waals surface area contributed by atoms with Gasteiger partial charge in [-0.05, 0) is 62.2 Å². The van der Waals surface area contributed by atoms with Gasteiger partial charge in [-0.3, -0.25) is 19.9 Å². The van der Waals surface area contributed by atoms with Gasteiger partial charge in [0.2, 0.25) is 6.79 Å². The maximum absolute atomic E-state index is 15.2. The summed E-state index contributed by atoms with van der Waals surface area (Å²) in [5, 5.41) is 38.2. The average molecular weight is 824 g/mol. The van der Waals surface area contributed by atoms with E-state index in [0.717, 1.165) is 27.6 Å². The van der Waals surface area contributed by atoms with Crippen LogP contribution in [0.4, 0.5) is 0 Å². The summed E-state index contributed by atoms with van der Waals surface area (Å²) < 4.78 is 36.5. The Morgan fingerprint density at radius 3 is 2.63 bits per heavy atom. The molecule has 2 saturated heterocycles. The SMILES string of the molecule is COc1ccc2[nH]c3c(c2c1)C[C@H](CO)N[C@]31CS[C@@H]2c3c(OC(C)=O)c(C)c4c(c3[C@H](COC1=O)N1[C@@H]2[C@@H]2c3c(cc(C)c(OC)c3O)CC1(C#N)CN2C)OCO4. The fraction of sp³-hybridized carbons (Fsp3) is 0.465. The van der Waals surface area contributed by atoms with Crippen LogP contribution in [0, 0.1) is 25.2 Å². The molecular formula is C43H45N5O10S. The maximum Gasteiger partial charge on any atom is 0.333 e. The lowest BCUT2D eigenvalue weighted by Gasteiger charge is -2.60. The number of thioether (sulfide) groups is 1. The highest BCUT2D eigenvalue weighted by atomic mass is 32.2. The first kappa shape index (κ1) is 38.0. The fourth-order valence-corrected chi connectivity index (χ4v) is 12.8. The highest BCUT2D eigenvalue weighted by Gasteiger charge is 2.64. The molecule has 8 aliphatic rings. The van der Waals surface area contributed by atoms with Crippen LogP contribution in [0.25, 0.3) is 10.9 Å². The Morgan fingerprint density at radius 1 is 1.10 bits per heavy atom. The Bertz CT molecular complexity index is 2540. The molecule has 1 spiro atoms. The van der Waals surface area contributed by atoms with Crippen LogP contribution in [0.5, 0.6) is 34.5 Å². The molecule has 4 aromatic rings. The van der Waals surface area contributed by atoms with Crippen molar-refractivity contribution in [2.75, 3.05) is 53.6 Å². The molecule has 9 heterocycles. The van der Waals surface area contributed by atoms with Gasteiger partial charge in [-0.2, -0.15) is 5.26 Å². The number of carbonyl (C=O) groups is 2. The lowest BCUT2D eigenvalue weighted by Crippen LogP contribution is -2.69. The van der Waals surface area contributed by atoms with Crippen molar-refractivity contribution in [3.63, 3.8) is 0 Å². The summed E-state index contributed by atoms with van der Waals surface area (Å²) in [6.45, 7) is 4.85. The van der Waals surface area contributed by atoms with Crippen LogP contribution >= 0.6 is 11.8 Å². The van der Waals surface area contributed by atoms with Gasteiger partial charge in [0.1, 0.15) is 23.6 Å². The molecule has 4 N–H and O–H groups in total. The second kappa shape index (κ2) is 13.4. The van der Waals surface area contributed by atoms with E-state index in [4.69, 9.17) is 28.4 Å². The number of benzene rings is 3. The number of piperazine rings is 1. The van der Waals surface area contributed by atoms with Crippen LogP contribution in [0.3, 0.4) is 0 Å². The van der Waals surface area contributed by atoms with Gasteiger partial charge in [0.05, 0.1) is 49.9 Å². The summed E-state index contributed by atoms with van der Waals surface area (Å²) in [4.78, 5) is 36.1. The fourth-order valence-electron chi connectivity index (χ4n) is 11.1. The number of methoxy groups -OCH3 is 2. The first-order valence-electron chi connectivity index (χ1n) is 19.7. The third kappa shape index (κ3) is 5.15. The molecule has 8 atom stereocenters. The van der Waals surface area contributed by atoms with E-state index >= 15 is 4.79 Å². The average Bonchev–Trinajstić information content (AvgIpc) is 3.80. The molecule has 4 bridgehead atoms. The van der Waals surface area contributed by atoms with E-state index in [9.17, 15) is 20.3 Å². The van der Waals surface area contributed by atoms with Gasteiger partial charge in [-0.15, -0.1) is 11.8 Å². The lowest BCUT2D eigenvalue weighted by molar-refractivity contribution is -0.159. The number of nitrogens with zero attached hydrogens (tertiary/aromatic N) is 3. The van der Waals surface area contributed by atoms with Gasteiger partial charge in [0.15, 0.2) is 28.5 Å². The summed E-state index contributed by atoms with van der Waals surface area (Å²) in [5.74, 6) is 1.25. The molecule has 1 aromatic heterocycles. The number of ether oxygens (including phenoxy) is 6. The van der Waals surface area contributed by atoms with Crippen LogP contribution in [0.15, 0.2) is 24.3 Å². The highest BCUT2D eigenvalue weighted by molar-refractivity contribution is 7.99. The highest BCUT2D eigenvalue weighted by Crippen LogP contribution is 2.65. The third-order valence-corrected chi connectivity index (χ3v) is 14.8. The van der Waals surface area contributed by atoms with Crippen molar-refractivity contribution in [1.82, 2.24) is 20.1 Å². The van der Waals surface area contributed by atoms with Crippen molar-refractivity contribution in [3.8, 4) is 40.6 Å². The lowest BCUT2D eigenvalue weighted by atomic mass is 9.76. The van der Waals surface area contributed by atoms with E-state index in [1.165, 1.54) is 25.8 Å². The minimum atomic E-state index is -1.48. The maximum atomic E-state index is 15.2. The molecule has 15 nitrogen and oxygen atoms in total. The number of aryl methyl sites for hydroxylation is 1. The molecule has 2 fully saturated rings. The van der Waals surface area contributed by atoms with Crippen LogP contribution < -0.4 is 29.0 Å². The number of esters is 2. The second-order valence-electron chi connectivity index (χ2n) is 16.5. The first-order valence-corrected chi connectivity index (χ1v) is 20.7. The Hall–Kier alpha value is -5.18. The molecule has 59 heavy (non-hydrogen) atoms. The van der Waals surface area contributed by atoms with Crippen molar-refractivity contribution in [1.29, 1.82) is 5.26 Å². The first-order chi connectivity index (χ1) is 28.4. The Kier molecular flexibility index (Phi) is 8.65. The second-order valence-corrected chi connectivity index (χ2v) is 17.7. The van der Waals surface area contributed by atoms with E-state index in [1.807, 2.05) is 45.2 Å². The Labute approximate surface area is 344 Å². The molecule has 0 radical (unpaired) electrons. The monoisotopic (exact) mass is 823 g/mol. The van der Waals surface area contributed by atoms with Gasteiger partial charge in [-0.25, -0.2) is 4.79 Å². The van der Waals surface area contributed by atoms with E-state index in [0.29, 0.717) is 69.7 Å². The van der Waals surface area contributed by atoms with Gasteiger partial charge >= 0.3 is 11.9 Å². The summed E-state index contributed by atoms with van der Waals surface area (Å²) in [5.41, 5.74) is 3.75. The number of phenols is 1. The molecule has 3 aromatic carbocycles. The number of aromatic hydroxyl groups is 1. The van der Waals surface area contributed by atoms with E-state index in [2.05, 4.69) is 26.2 Å². The van der Waals surface area contributed by atoms with Gasteiger partial charge < -0.3 is 43.6 Å². The molecule has 308 valence electrons. The minimum absolute atomic E-state index is 0.0102. The molecule has 8 aliphatic heterocycles. The predicted molar refractivity (Wildman–Crippen MR) is 214 cm³/mol. The van der Waals surface area contributed by atoms with Gasteiger partial charge in [0.25, 0.3) is 0 Å². The summed E-state index contributed by atoms with van der Waals surface area (Å²) in [7, 11) is 5.10. The van der Waals surface area contributed by atoms with Crippen molar-refractivity contribution in [2.24, 2.45) is 0 Å². The minimum Gasteiger partial charge on any atom is -0.504 e. The number of hydrogen-bond acceptors (Lipinski definition) is 15. The number of rotatable bonds is 4. The van der Waals surface area contributed by atoms with Crippen molar-refractivity contribution < 1.29 is 48.2 Å². The smallest absolute Gasteiger partial charge is 0.333 e. The Morgan fingerprint density at radius 2 is 1.90 bits per heavy atom. The molecule has 2 unspecified atom stereocenters. The molecule has 0 aliphatic carbocycles. The number of aromatic nitrogens is 1. The summed E-state index contributed by atoms with van der Waals surface area (Å²) >= 11 is 1.47. The van der Waals surface area contributed by atoms with Crippen molar-refractivity contribution in [2.45, 2.75) is 74.1 Å². The number of phenolic OH excluding ortho intramolecular Hbond substituents is 1. The number of aliphatic hydroxyl groups excluding tert-OH is 1. The van der Waals surface area contributed by atoms with Gasteiger partial charge in [0, 0.05) is 70.9 Å². The van der Waals surface area contributed by atoms with Crippen molar-refractivity contribution in [3.05, 3.63) is 68.9 Å². The van der Waals surface area contributed by atoms with E-state index < -0.39 is 52.4 Å². The van der Waals surface area contributed by atoms with E-state index in [-0.39, 0.29) is 37.9 Å². The largest absolute Gasteiger partial charge is 0.504 e. The quantitative estimate of drug-likeness (QED) is 0.170.